The number of fused-ring (bicyclic) bond motifs is 1. The lowest BCUT2D eigenvalue weighted by atomic mass is 10.1. The van der Waals surface area contributed by atoms with Crippen LogP contribution in [-0.4, -0.2) is 48.3 Å². The van der Waals surface area contributed by atoms with E-state index in [0.29, 0.717) is 37.4 Å². The number of para-hydroxylation sites is 1. The normalized spacial score (nSPS) is 14.5. The second kappa shape index (κ2) is 9.17. The number of ether oxygens (including phenoxy) is 1. The molecular formula is C23H22ClF3N4O3. The Morgan fingerprint density at radius 2 is 1.79 bits per heavy atom. The molecule has 2 aromatic heterocycles. The van der Waals surface area contributed by atoms with E-state index in [9.17, 15) is 22.8 Å². The Morgan fingerprint density at radius 3 is 2.41 bits per heavy atom. The molecule has 0 unspecified atom stereocenters. The molecule has 1 saturated heterocycles. The third-order valence-electron chi connectivity index (χ3n) is 5.80. The van der Waals surface area contributed by atoms with Crippen LogP contribution in [-0.2, 0) is 18.0 Å². The van der Waals surface area contributed by atoms with Gasteiger partial charge in [0.1, 0.15) is 11.4 Å². The Balaban J connectivity index is 1.69. The predicted octanol–water partition coefficient (Wildman–Crippen LogP) is 4.11. The summed E-state index contributed by atoms with van der Waals surface area (Å²) in [6.07, 6.45) is -3.77. The smallest absolute Gasteiger partial charge is 0.417 e. The highest BCUT2D eigenvalue weighted by molar-refractivity contribution is 6.33. The van der Waals surface area contributed by atoms with Gasteiger partial charge in [-0.1, -0.05) is 29.8 Å². The van der Waals surface area contributed by atoms with Gasteiger partial charge in [0.05, 0.1) is 28.4 Å². The van der Waals surface area contributed by atoms with E-state index in [0.717, 1.165) is 17.6 Å². The van der Waals surface area contributed by atoms with Gasteiger partial charge in [0, 0.05) is 44.8 Å². The standard InChI is InChI=1S/C23H22ClF3N4O3/c1-3-34-22(33)18-19(15-6-4-5-7-17(15)29(2)21(18)32)30-8-10-31(11-9-30)20-16(24)12-14(13-28-20)23(25,26)27/h4-7,12-13H,3,8-11H2,1-2H3. The summed E-state index contributed by atoms with van der Waals surface area (Å²) in [5.74, 6) is -0.438. The number of hydrogen-bond acceptors (Lipinski definition) is 6. The zero-order chi connectivity index (χ0) is 24.6. The lowest BCUT2D eigenvalue weighted by Crippen LogP contribution is -2.48. The number of pyridine rings is 2. The van der Waals surface area contributed by atoms with Gasteiger partial charge in [-0.2, -0.15) is 13.2 Å². The van der Waals surface area contributed by atoms with E-state index in [1.54, 1.807) is 24.9 Å². The summed E-state index contributed by atoms with van der Waals surface area (Å²) in [5.41, 5.74) is -0.247. The molecule has 0 radical (unpaired) electrons. The number of aryl methyl sites for hydroxylation is 1. The van der Waals surface area contributed by atoms with Crippen molar-refractivity contribution in [1.82, 2.24) is 9.55 Å². The zero-order valence-corrected chi connectivity index (χ0v) is 19.3. The topological polar surface area (TPSA) is 67.7 Å². The number of esters is 1. The molecule has 0 aliphatic carbocycles. The maximum atomic E-state index is 13.1. The highest BCUT2D eigenvalue weighted by Gasteiger charge is 2.33. The molecular weight excluding hydrogens is 473 g/mol. The first-order valence-corrected chi connectivity index (χ1v) is 11.0. The maximum absolute atomic E-state index is 13.1. The van der Waals surface area contributed by atoms with Crippen LogP contribution in [0.25, 0.3) is 10.9 Å². The molecule has 7 nitrogen and oxygen atoms in total. The van der Waals surface area contributed by atoms with Crippen LogP contribution in [0.15, 0.2) is 41.3 Å². The summed E-state index contributed by atoms with van der Waals surface area (Å²) >= 11 is 6.12. The molecule has 0 atom stereocenters. The number of rotatable bonds is 4. The number of aromatic nitrogens is 2. The van der Waals surface area contributed by atoms with Gasteiger partial charge in [-0.25, -0.2) is 9.78 Å². The fraction of sp³-hybridized carbons (Fsp3) is 0.348. The Labute approximate surface area is 198 Å². The number of carbonyl (C=O) groups excluding carboxylic acids is 1. The third-order valence-corrected chi connectivity index (χ3v) is 6.08. The van der Waals surface area contributed by atoms with Gasteiger partial charge in [-0.3, -0.25) is 4.79 Å². The first kappa shape index (κ1) is 23.9. The SMILES string of the molecule is CCOC(=O)c1c(N2CCN(c3ncc(C(F)(F)F)cc3Cl)CC2)c2ccccc2n(C)c1=O. The molecule has 3 heterocycles. The fourth-order valence-electron chi connectivity index (χ4n) is 4.16. The summed E-state index contributed by atoms with van der Waals surface area (Å²) < 4.78 is 45.4. The quantitative estimate of drug-likeness (QED) is 0.509. The molecule has 1 aliphatic rings. The molecule has 4 rings (SSSR count). The summed E-state index contributed by atoms with van der Waals surface area (Å²) in [4.78, 5) is 33.5. The van der Waals surface area contributed by atoms with Crippen molar-refractivity contribution in [2.45, 2.75) is 13.1 Å². The van der Waals surface area contributed by atoms with Crippen molar-refractivity contribution >= 4 is 40.0 Å². The van der Waals surface area contributed by atoms with Crippen LogP contribution in [0.2, 0.25) is 5.02 Å². The lowest BCUT2D eigenvalue weighted by molar-refractivity contribution is -0.137. The summed E-state index contributed by atoms with van der Waals surface area (Å²) in [5, 5.41) is 0.640. The van der Waals surface area contributed by atoms with E-state index >= 15 is 0 Å². The Bertz CT molecular complexity index is 1300. The molecule has 11 heteroatoms. The summed E-state index contributed by atoms with van der Waals surface area (Å²) in [6, 6.07) is 8.15. The molecule has 1 fully saturated rings. The molecule has 0 bridgehead atoms. The molecule has 180 valence electrons. The number of anilines is 2. The molecule has 1 aromatic carbocycles. The van der Waals surface area contributed by atoms with Crippen LogP contribution >= 0.6 is 11.6 Å². The minimum absolute atomic E-state index is 0.0396. The van der Waals surface area contributed by atoms with E-state index in [4.69, 9.17) is 16.3 Å². The van der Waals surface area contributed by atoms with Crippen molar-refractivity contribution in [2.24, 2.45) is 7.05 Å². The molecule has 0 spiro atoms. The van der Waals surface area contributed by atoms with Crippen molar-refractivity contribution in [3.63, 3.8) is 0 Å². The Kier molecular flexibility index (Phi) is 6.44. The van der Waals surface area contributed by atoms with Gasteiger partial charge >= 0.3 is 12.1 Å². The van der Waals surface area contributed by atoms with Crippen molar-refractivity contribution in [2.75, 3.05) is 42.6 Å². The number of benzene rings is 1. The third kappa shape index (κ3) is 4.29. The fourth-order valence-corrected chi connectivity index (χ4v) is 4.44. The minimum atomic E-state index is -4.53. The highest BCUT2D eigenvalue weighted by atomic mass is 35.5. The van der Waals surface area contributed by atoms with Crippen LogP contribution in [0.1, 0.15) is 22.8 Å². The van der Waals surface area contributed by atoms with E-state index in [2.05, 4.69) is 4.98 Å². The number of halogens is 4. The van der Waals surface area contributed by atoms with E-state index < -0.39 is 23.3 Å². The average Bonchev–Trinajstić information content (AvgIpc) is 2.81. The predicted molar refractivity (Wildman–Crippen MR) is 124 cm³/mol. The number of alkyl halides is 3. The summed E-state index contributed by atoms with van der Waals surface area (Å²) in [6.45, 7) is 3.34. The van der Waals surface area contributed by atoms with Gasteiger partial charge in [0.15, 0.2) is 0 Å². The maximum Gasteiger partial charge on any atom is 0.417 e. The van der Waals surface area contributed by atoms with E-state index in [1.807, 2.05) is 23.1 Å². The zero-order valence-electron chi connectivity index (χ0n) is 18.5. The lowest BCUT2D eigenvalue weighted by Gasteiger charge is -2.38. The average molecular weight is 495 g/mol. The van der Waals surface area contributed by atoms with Gasteiger partial charge in [-0.05, 0) is 19.1 Å². The van der Waals surface area contributed by atoms with E-state index in [1.165, 1.54) is 4.57 Å². The van der Waals surface area contributed by atoms with Crippen LogP contribution < -0.4 is 15.4 Å². The van der Waals surface area contributed by atoms with Gasteiger partial charge < -0.3 is 19.1 Å². The second-order valence-electron chi connectivity index (χ2n) is 7.83. The van der Waals surface area contributed by atoms with Crippen molar-refractivity contribution < 1.29 is 22.7 Å². The first-order chi connectivity index (χ1) is 16.1. The van der Waals surface area contributed by atoms with Crippen molar-refractivity contribution in [3.05, 3.63) is 63.0 Å². The van der Waals surface area contributed by atoms with E-state index in [-0.39, 0.29) is 23.0 Å². The van der Waals surface area contributed by atoms with Gasteiger partial charge in [0.2, 0.25) is 0 Å². The van der Waals surface area contributed by atoms with Crippen LogP contribution in [0.5, 0.6) is 0 Å². The largest absolute Gasteiger partial charge is 0.462 e. The minimum Gasteiger partial charge on any atom is -0.462 e. The molecule has 1 aliphatic heterocycles. The van der Waals surface area contributed by atoms with Gasteiger partial charge in [0.25, 0.3) is 5.56 Å². The number of hydrogen-bond donors (Lipinski definition) is 0. The molecule has 3 aromatic rings. The van der Waals surface area contributed by atoms with Crippen molar-refractivity contribution in [3.8, 4) is 0 Å². The Morgan fingerprint density at radius 1 is 1.15 bits per heavy atom. The second-order valence-corrected chi connectivity index (χ2v) is 8.23. The highest BCUT2D eigenvalue weighted by Crippen LogP contribution is 2.35. The molecule has 34 heavy (non-hydrogen) atoms. The van der Waals surface area contributed by atoms with Crippen LogP contribution in [0, 0.1) is 0 Å². The van der Waals surface area contributed by atoms with Crippen molar-refractivity contribution in [1.29, 1.82) is 0 Å². The summed E-state index contributed by atoms with van der Waals surface area (Å²) in [7, 11) is 1.60. The first-order valence-electron chi connectivity index (χ1n) is 10.6. The number of carbonyl (C=O) groups is 1. The number of piperazine rings is 1. The molecule has 0 saturated carbocycles. The Hall–Kier alpha value is -3.27. The van der Waals surface area contributed by atoms with Crippen LogP contribution in [0.4, 0.5) is 24.7 Å². The van der Waals surface area contributed by atoms with Gasteiger partial charge in [-0.15, -0.1) is 0 Å². The molecule has 0 amide bonds. The molecule has 0 N–H and O–H groups in total. The monoisotopic (exact) mass is 494 g/mol. The van der Waals surface area contributed by atoms with Crippen LogP contribution in [0.3, 0.4) is 0 Å². The number of nitrogens with zero attached hydrogens (tertiary/aromatic N) is 4.